The number of carbonyl (C=O) groups is 2. The Kier molecular flexibility index (Phi) is 7.72. The van der Waals surface area contributed by atoms with Gasteiger partial charge in [-0.3, -0.25) is 14.5 Å². The van der Waals surface area contributed by atoms with E-state index < -0.39 is 30.2 Å². The molecule has 0 aliphatic carbocycles. The predicted molar refractivity (Wildman–Crippen MR) is 142 cm³/mol. The van der Waals surface area contributed by atoms with Crippen LogP contribution in [0, 0.1) is 18.6 Å². The first-order valence-corrected chi connectivity index (χ1v) is 12.4. The summed E-state index contributed by atoms with van der Waals surface area (Å²) in [6.07, 6.45) is 0. The highest BCUT2D eigenvalue weighted by atomic mass is 19.1. The number of aryl methyl sites for hydroxylation is 1. The van der Waals surface area contributed by atoms with Crippen molar-refractivity contribution in [3.63, 3.8) is 0 Å². The second-order valence-electron chi connectivity index (χ2n) is 8.92. The van der Waals surface area contributed by atoms with E-state index in [1.807, 2.05) is 0 Å². The maximum Gasteiger partial charge on any atom is 0.251 e. The fourth-order valence-corrected chi connectivity index (χ4v) is 4.15. The molecule has 0 saturated carbocycles. The van der Waals surface area contributed by atoms with Crippen molar-refractivity contribution in [3.05, 3.63) is 120 Å². The van der Waals surface area contributed by atoms with E-state index in [1.165, 1.54) is 29.2 Å². The first-order chi connectivity index (χ1) is 19.4. The summed E-state index contributed by atoms with van der Waals surface area (Å²) in [7, 11) is 0. The molecule has 40 heavy (non-hydrogen) atoms. The van der Waals surface area contributed by atoms with Crippen molar-refractivity contribution >= 4 is 17.5 Å². The lowest BCUT2D eigenvalue weighted by molar-refractivity contribution is -0.127. The van der Waals surface area contributed by atoms with Crippen LogP contribution in [-0.2, 0) is 22.7 Å². The molecule has 3 aromatic carbocycles. The maximum atomic E-state index is 14.2. The molecule has 0 aliphatic rings. The fourth-order valence-electron chi connectivity index (χ4n) is 4.15. The summed E-state index contributed by atoms with van der Waals surface area (Å²) >= 11 is 0. The van der Waals surface area contributed by atoms with Crippen LogP contribution in [-0.4, -0.2) is 32.0 Å². The van der Waals surface area contributed by atoms with Crippen LogP contribution < -0.4 is 10.2 Å². The second-order valence-corrected chi connectivity index (χ2v) is 8.92. The van der Waals surface area contributed by atoms with Gasteiger partial charge in [0.05, 0.1) is 5.56 Å². The topological polar surface area (TPSA) is 106 Å². The number of anilines is 1. The van der Waals surface area contributed by atoms with Crippen LogP contribution in [0.1, 0.15) is 23.1 Å². The largest absolute Gasteiger partial charge is 0.464 e. The third-order valence-electron chi connectivity index (χ3n) is 6.06. The van der Waals surface area contributed by atoms with Crippen LogP contribution in [0.2, 0.25) is 0 Å². The number of hydrogen-bond donors (Lipinski definition) is 1. The molecule has 0 aliphatic heterocycles. The summed E-state index contributed by atoms with van der Waals surface area (Å²) in [5, 5.41) is 14.8. The van der Waals surface area contributed by atoms with Crippen LogP contribution >= 0.6 is 0 Å². The Labute approximate surface area is 228 Å². The molecular formula is C29H24F2N6O3. The fraction of sp³-hybridized carbons (Fsp3) is 0.138. The van der Waals surface area contributed by atoms with Crippen molar-refractivity contribution in [2.75, 3.05) is 4.90 Å². The summed E-state index contributed by atoms with van der Waals surface area (Å²) in [6.45, 7) is 1.44. The zero-order valence-corrected chi connectivity index (χ0v) is 21.4. The molecule has 2 aromatic heterocycles. The zero-order valence-electron chi connectivity index (χ0n) is 21.4. The van der Waals surface area contributed by atoms with E-state index in [2.05, 4.69) is 20.7 Å². The smallest absolute Gasteiger partial charge is 0.251 e. The molecule has 0 radical (unpaired) electrons. The molecular weight excluding hydrogens is 518 g/mol. The Morgan fingerprint density at radius 3 is 2.38 bits per heavy atom. The number of para-hydroxylation sites is 1. The predicted octanol–water partition coefficient (Wildman–Crippen LogP) is 4.61. The van der Waals surface area contributed by atoms with E-state index in [1.54, 1.807) is 73.7 Å². The number of tetrazole rings is 1. The first kappa shape index (κ1) is 26.4. The third-order valence-corrected chi connectivity index (χ3v) is 6.06. The Morgan fingerprint density at radius 1 is 0.950 bits per heavy atom. The molecule has 0 fully saturated rings. The van der Waals surface area contributed by atoms with Gasteiger partial charge in [0.2, 0.25) is 5.82 Å². The quantitative estimate of drug-likeness (QED) is 0.292. The number of hydrogen-bond acceptors (Lipinski definition) is 6. The molecule has 0 bridgehead atoms. The lowest BCUT2D eigenvalue weighted by Crippen LogP contribution is -2.45. The van der Waals surface area contributed by atoms with E-state index in [0.29, 0.717) is 17.0 Å². The number of halogens is 2. The van der Waals surface area contributed by atoms with E-state index in [9.17, 15) is 18.4 Å². The molecule has 1 N–H and O–H groups in total. The van der Waals surface area contributed by atoms with Gasteiger partial charge in [-0.2, -0.15) is 4.80 Å². The normalized spacial score (nSPS) is 11.7. The number of furan rings is 1. The minimum atomic E-state index is -1.20. The van der Waals surface area contributed by atoms with Gasteiger partial charge in [-0.15, -0.1) is 10.2 Å². The molecule has 0 spiro atoms. The lowest BCUT2D eigenvalue weighted by atomic mass is 10.1. The number of rotatable bonds is 9. The van der Waals surface area contributed by atoms with E-state index in [-0.39, 0.29) is 29.5 Å². The highest BCUT2D eigenvalue weighted by Crippen LogP contribution is 2.30. The van der Waals surface area contributed by atoms with Crippen molar-refractivity contribution in [1.29, 1.82) is 0 Å². The highest BCUT2D eigenvalue weighted by molar-refractivity contribution is 6.00. The number of amides is 2. The SMILES string of the molecule is Cc1ccc([C@H](C(=O)NCc2ccc(F)cc2)N(C(=O)Cn2nnc(-c3ccccc3F)n2)c2ccccc2)o1. The Bertz CT molecular complexity index is 1620. The number of nitrogens with zero attached hydrogens (tertiary/aromatic N) is 5. The standard InChI is InChI=1S/C29H24F2N6O3/c1-19-11-16-25(40-19)27(29(39)32-17-20-12-14-21(30)15-13-20)37(22-7-3-2-4-8-22)26(38)18-36-34-28(33-35-36)23-9-5-6-10-24(23)31/h2-16,27H,17-18H2,1H3,(H,32,39)/t27-/m1/s1. The second kappa shape index (κ2) is 11.7. The minimum Gasteiger partial charge on any atom is -0.464 e. The summed E-state index contributed by atoms with van der Waals surface area (Å²) in [5.41, 5.74) is 1.25. The van der Waals surface area contributed by atoms with Gasteiger partial charge in [-0.25, -0.2) is 8.78 Å². The van der Waals surface area contributed by atoms with E-state index >= 15 is 0 Å². The van der Waals surface area contributed by atoms with Gasteiger partial charge >= 0.3 is 0 Å². The number of nitrogens with one attached hydrogen (secondary N) is 1. The lowest BCUT2D eigenvalue weighted by Gasteiger charge is -2.29. The summed E-state index contributed by atoms with van der Waals surface area (Å²) in [6, 6.07) is 22.5. The molecule has 1 atom stereocenters. The summed E-state index contributed by atoms with van der Waals surface area (Å²) in [4.78, 5) is 29.8. The van der Waals surface area contributed by atoms with Gasteiger partial charge in [0.25, 0.3) is 11.8 Å². The van der Waals surface area contributed by atoms with Crippen molar-refractivity contribution in [3.8, 4) is 11.4 Å². The van der Waals surface area contributed by atoms with E-state index in [0.717, 1.165) is 4.80 Å². The summed E-state index contributed by atoms with van der Waals surface area (Å²) in [5.74, 6) is -1.16. The molecule has 202 valence electrons. The van der Waals surface area contributed by atoms with Crippen LogP contribution in [0.4, 0.5) is 14.5 Å². The molecule has 2 heterocycles. The van der Waals surface area contributed by atoms with Gasteiger partial charge in [0, 0.05) is 12.2 Å². The van der Waals surface area contributed by atoms with Crippen LogP contribution in [0.3, 0.4) is 0 Å². The molecule has 0 saturated heterocycles. The van der Waals surface area contributed by atoms with Crippen molar-refractivity contribution in [2.45, 2.75) is 26.1 Å². The molecule has 9 nitrogen and oxygen atoms in total. The van der Waals surface area contributed by atoms with Crippen LogP contribution in [0.25, 0.3) is 11.4 Å². The average molecular weight is 543 g/mol. The van der Waals surface area contributed by atoms with Gasteiger partial charge in [0.1, 0.15) is 29.7 Å². The van der Waals surface area contributed by atoms with Crippen molar-refractivity contribution in [1.82, 2.24) is 25.5 Å². The third kappa shape index (κ3) is 5.93. The molecule has 0 unspecified atom stereocenters. The number of aromatic nitrogens is 4. The minimum absolute atomic E-state index is 0.0208. The van der Waals surface area contributed by atoms with Gasteiger partial charge in [-0.1, -0.05) is 42.5 Å². The average Bonchev–Trinajstić information content (AvgIpc) is 3.60. The Hall–Kier alpha value is -5.19. The van der Waals surface area contributed by atoms with Crippen LogP contribution in [0.5, 0.6) is 0 Å². The maximum absolute atomic E-state index is 14.2. The van der Waals surface area contributed by atoms with Crippen LogP contribution in [0.15, 0.2) is 95.4 Å². The Balaban J connectivity index is 1.46. The van der Waals surface area contributed by atoms with Gasteiger partial charge in [0.15, 0.2) is 6.04 Å². The van der Waals surface area contributed by atoms with E-state index in [4.69, 9.17) is 4.42 Å². The van der Waals surface area contributed by atoms with Crippen molar-refractivity contribution < 1.29 is 22.8 Å². The molecule has 5 rings (SSSR count). The zero-order chi connectivity index (χ0) is 28.1. The summed E-state index contributed by atoms with van der Waals surface area (Å²) < 4.78 is 33.4. The van der Waals surface area contributed by atoms with Crippen molar-refractivity contribution in [2.24, 2.45) is 0 Å². The highest BCUT2D eigenvalue weighted by Gasteiger charge is 2.35. The molecule has 2 amide bonds. The number of benzene rings is 3. The molecule has 11 heteroatoms. The molecule has 5 aromatic rings. The number of carbonyl (C=O) groups excluding carboxylic acids is 2. The monoisotopic (exact) mass is 542 g/mol. The van der Waals surface area contributed by atoms with Gasteiger partial charge in [-0.05, 0) is 66.2 Å². The van der Waals surface area contributed by atoms with Gasteiger partial charge < -0.3 is 9.73 Å². The first-order valence-electron chi connectivity index (χ1n) is 12.4. The Morgan fingerprint density at radius 2 is 1.68 bits per heavy atom.